The standard InChI is InChI=1S/C19H16P.C8H7N4.C6H3F3N6.Ir/c1-16-10-8-9-15-19(16)20(17-11-4-2-5-12-17)18-13-6-3-7-14-18;1-6-10-8(12-11-6)7-4-2-3-5-9-7;1-2-10-3(13-12-2)4-11-5(15-14-4)6(7,8)9;/h2-15H,1H2;2-5H,1H3;1H3;/q2*-1;-2;/p+1. The molecule has 0 saturated heterocycles. The molecule has 3 aromatic carbocycles. The number of halogens is 3. The quantitative estimate of drug-likeness (QED) is 0.182. The fourth-order valence-corrected chi connectivity index (χ4v) is 6.91. The first-order chi connectivity index (χ1) is 22.7. The van der Waals surface area contributed by atoms with Crippen LogP contribution in [0.25, 0.3) is 23.2 Å². The minimum absolute atomic E-state index is 0. The molecule has 0 unspecified atom stereocenters. The molecule has 0 saturated carbocycles. The van der Waals surface area contributed by atoms with Gasteiger partial charge >= 0.3 is 6.18 Å². The SMILES string of the molecule is Cc1n[n-]c(-c2ccccn2)n1.Cc1n[n-]c(-c2nc(C(F)(F)F)n[n-]2)n1.[CH2-]c1ccccc1[PH+](c1ccccc1)c1ccccc1.[Ir]. The van der Waals surface area contributed by atoms with Crippen LogP contribution in [-0.4, -0.2) is 35.2 Å². The van der Waals surface area contributed by atoms with E-state index in [1.165, 1.54) is 15.9 Å². The van der Waals surface area contributed by atoms with E-state index in [0.29, 0.717) is 17.5 Å². The molecule has 4 heterocycles. The summed E-state index contributed by atoms with van der Waals surface area (Å²) in [5, 5.41) is 24.9. The smallest absolute Gasteiger partial charge is 0.423 e. The van der Waals surface area contributed by atoms with Crippen molar-refractivity contribution in [1.29, 1.82) is 0 Å². The molecule has 1 radical (unpaired) electrons. The number of benzene rings is 3. The first-order valence-electron chi connectivity index (χ1n) is 14.1. The largest absolute Gasteiger partial charge is 0.429 e. The zero-order valence-electron chi connectivity index (χ0n) is 25.5. The Kier molecular flexibility index (Phi) is 12.5. The molecule has 0 spiro atoms. The van der Waals surface area contributed by atoms with Crippen LogP contribution in [0.5, 0.6) is 0 Å². The Balaban J connectivity index is 0.000000166. The molecule has 0 fully saturated rings. The van der Waals surface area contributed by atoms with Gasteiger partial charge in [-0.25, -0.2) is 0 Å². The Morgan fingerprint density at radius 1 is 0.604 bits per heavy atom. The van der Waals surface area contributed by atoms with Gasteiger partial charge in [0.15, 0.2) is 0 Å². The molecule has 10 nitrogen and oxygen atoms in total. The second-order valence-electron chi connectivity index (χ2n) is 9.80. The number of pyridine rings is 1. The molecular weight excluding hydrogens is 817 g/mol. The van der Waals surface area contributed by atoms with Crippen LogP contribution >= 0.6 is 7.92 Å². The summed E-state index contributed by atoms with van der Waals surface area (Å²) in [6.45, 7) is 7.58. The van der Waals surface area contributed by atoms with Crippen molar-refractivity contribution in [1.82, 2.24) is 50.5 Å². The summed E-state index contributed by atoms with van der Waals surface area (Å²) in [5.41, 5.74) is 1.90. The third-order valence-corrected chi connectivity index (χ3v) is 9.17. The average Bonchev–Trinajstić information content (AvgIpc) is 3.86. The molecule has 0 amide bonds. The minimum atomic E-state index is -4.61. The molecule has 7 rings (SSSR count). The molecule has 4 aromatic heterocycles. The molecule has 7 aromatic rings. The van der Waals surface area contributed by atoms with Crippen molar-refractivity contribution >= 4 is 23.8 Å². The van der Waals surface area contributed by atoms with Crippen molar-refractivity contribution in [2.45, 2.75) is 20.0 Å². The fourth-order valence-electron chi connectivity index (χ4n) is 4.24. The van der Waals surface area contributed by atoms with Crippen molar-refractivity contribution in [3.05, 3.63) is 139 Å². The second-order valence-corrected chi connectivity index (χ2v) is 12.2. The normalized spacial score (nSPS) is 10.7. The minimum Gasteiger partial charge on any atom is -0.423 e. The Hall–Kier alpha value is -5.03. The molecule has 15 heteroatoms. The summed E-state index contributed by atoms with van der Waals surface area (Å²) < 4.78 is 36.3. The molecule has 48 heavy (non-hydrogen) atoms. The second kappa shape index (κ2) is 16.7. The Labute approximate surface area is 289 Å². The van der Waals surface area contributed by atoms with Gasteiger partial charge in [-0.1, -0.05) is 54.6 Å². The van der Waals surface area contributed by atoms with E-state index < -0.39 is 19.9 Å². The van der Waals surface area contributed by atoms with E-state index in [-0.39, 0.29) is 31.8 Å². The predicted octanol–water partition coefficient (Wildman–Crippen LogP) is 4.34. The maximum Gasteiger partial charge on any atom is 0.429 e. The fraction of sp³-hybridized carbons (Fsp3) is 0.0909. The maximum absolute atomic E-state index is 12.1. The monoisotopic (exact) mass is 844 g/mol. The van der Waals surface area contributed by atoms with Crippen LogP contribution in [0, 0.1) is 20.8 Å². The van der Waals surface area contributed by atoms with Crippen LogP contribution in [0.2, 0.25) is 0 Å². The van der Waals surface area contributed by atoms with Crippen molar-refractivity contribution in [3.63, 3.8) is 0 Å². The van der Waals surface area contributed by atoms with Crippen LogP contribution in [-0.2, 0) is 26.3 Å². The van der Waals surface area contributed by atoms with E-state index in [2.05, 4.69) is 142 Å². The summed E-state index contributed by atoms with van der Waals surface area (Å²) in [4.78, 5) is 15.1. The van der Waals surface area contributed by atoms with E-state index in [4.69, 9.17) is 0 Å². The van der Waals surface area contributed by atoms with Gasteiger partial charge in [0.2, 0.25) is 0 Å². The summed E-state index contributed by atoms with van der Waals surface area (Å²) in [5.74, 6) is -0.0366. The summed E-state index contributed by atoms with van der Waals surface area (Å²) in [6.07, 6.45) is -2.90. The Morgan fingerprint density at radius 3 is 1.58 bits per heavy atom. The van der Waals surface area contributed by atoms with Crippen molar-refractivity contribution < 1.29 is 33.3 Å². The molecule has 0 aliphatic rings. The van der Waals surface area contributed by atoms with Crippen molar-refractivity contribution in [3.8, 4) is 23.2 Å². The van der Waals surface area contributed by atoms with Gasteiger partial charge in [-0.2, -0.15) is 31.7 Å². The number of aryl methyl sites for hydroxylation is 2. The van der Waals surface area contributed by atoms with Gasteiger partial charge in [0.05, 0.1) is 24.2 Å². The molecule has 0 N–H and O–H groups in total. The van der Waals surface area contributed by atoms with Crippen LogP contribution in [0.4, 0.5) is 13.2 Å². The van der Waals surface area contributed by atoms with Crippen molar-refractivity contribution in [2.75, 3.05) is 0 Å². The topological polar surface area (TPSA) is 133 Å². The van der Waals surface area contributed by atoms with E-state index in [0.717, 1.165) is 11.3 Å². The summed E-state index contributed by atoms with van der Waals surface area (Å²) in [6, 6.07) is 35.6. The van der Waals surface area contributed by atoms with E-state index in [1.807, 2.05) is 18.2 Å². The maximum atomic E-state index is 12.1. The van der Waals surface area contributed by atoms with Gasteiger partial charge in [0.25, 0.3) is 0 Å². The number of alkyl halides is 3. The van der Waals surface area contributed by atoms with Crippen LogP contribution in [0.1, 0.15) is 23.0 Å². The molecule has 0 aliphatic heterocycles. The molecule has 0 bridgehead atoms. The van der Waals surface area contributed by atoms with Crippen molar-refractivity contribution in [2.24, 2.45) is 0 Å². The van der Waals surface area contributed by atoms with Crippen LogP contribution in [0.15, 0.2) is 109 Å². The predicted molar refractivity (Wildman–Crippen MR) is 174 cm³/mol. The number of rotatable bonds is 5. The zero-order chi connectivity index (χ0) is 33.2. The number of hydrogen-bond donors (Lipinski definition) is 0. The molecule has 0 atom stereocenters. The van der Waals surface area contributed by atoms with Gasteiger partial charge < -0.3 is 30.2 Å². The van der Waals surface area contributed by atoms with E-state index in [1.54, 1.807) is 20.0 Å². The van der Waals surface area contributed by atoms with Crippen LogP contribution in [0.3, 0.4) is 0 Å². The molecule has 0 aliphatic carbocycles. The van der Waals surface area contributed by atoms with Gasteiger partial charge in [0, 0.05) is 43.3 Å². The third-order valence-electron chi connectivity index (χ3n) is 6.32. The van der Waals surface area contributed by atoms with Gasteiger partial charge in [0.1, 0.15) is 5.82 Å². The molecular formula is C33H27F3IrN10P-3. The van der Waals surface area contributed by atoms with E-state index >= 15 is 0 Å². The van der Waals surface area contributed by atoms with Gasteiger partial charge in [-0.3, -0.25) is 20.3 Å². The number of hydrogen-bond acceptors (Lipinski definition) is 7. The number of nitrogens with zero attached hydrogens (tertiary/aromatic N) is 10. The average molecular weight is 844 g/mol. The Bertz CT molecular complexity index is 1940. The molecule has 247 valence electrons. The summed E-state index contributed by atoms with van der Waals surface area (Å²) >= 11 is 0. The van der Waals surface area contributed by atoms with Gasteiger partial charge in [-0.15, -0.1) is 6.07 Å². The third kappa shape index (κ3) is 9.51. The Morgan fingerprint density at radius 2 is 1.10 bits per heavy atom. The first kappa shape index (κ1) is 35.8. The zero-order valence-corrected chi connectivity index (χ0v) is 28.9. The van der Waals surface area contributed by atoms with Gasteiger partial charge in [-0.05, 0) is 67.7 Å². The summed E-state index contributed by atoms with van der Waals surface area (Å²) in [7, 11) is -0.970. The van der Waals surface area contributed by atoms with Crippen LogP contribution < -0.4 is 31.2 Å². The van der Waals surface area contributed by atoms with E-state index in [9.17, 15) is 13.2 Å². The number of aromatic nitrogens is 10. The first-order valence-corrected chi connectivity index (χ1v) is 15.6.